The van der Waals surface area contributed by atoms with Gasteiger partial charge in [-0.15, -0.1) is 0 Å². The number of amides is 1. The van der Waals surface area contributed by atoms with E-state index in [1.807, 2.05) is 11.9 Å². The number of anilines is 1. The Kier molecular flexibility index (Phi) is 3.37. The third kappa shape index (κ3) is 2.21. The molecule has 1 aromatic rings. The molecule has 1 N–H and O–H groups in total. The van der Waals surface area contributed by atoms with Gasteiger partial charge in [-0.25, -0.2) is 0 Å². The molecule has 22 heavy (non-hydrogen) atoms. The van der Waals surface area contributed by atoms with Crippen molar-refractivity contribution in [2.75, 3.05) is 38.5 Å². The fourth-order valence-corrected chi connectivity index (χ4v) is 4.38. The molecule has 0 radical (unpaired) electrons. The summed E-state index contributed by atoms with van der Waals surface area (Å²) in [6, 6.07) is 6.66. The molecule has 118 valence electrons. The van der Waals surface area contributed by atoms with Gasteiger partial charge in [0.15, 0.2) is 0 Å². The van der Waals surface area contributed by atoms with Crippen LogP contribution in [0.15, 0.2) is 18.2 Å². The largest absolute Gasteiger partial charge is 0.384 e. The van der Waals surface area contributed by atoms with Crippen molar-refractivity contribution in [3.63, 3.8) is 0 Å². The molecule has 1 aromatic carbocycles. The summed E-state index contributed by atoms with van der Waals surface area (Å²) in [5.41, 5.74) is 4.20. The summed E-state index contributed by atoms with van der Waals surface area (Å²) >= 11 is 0. The van der Waals surface area contributed by atoms with E-state index >= 15 is 0 Å². The number of para-hydroxylation sites is 1. The summed E-state index contributed by atoms with van der Waals surface area (Å²) in [5, 5.41) is 3.53. The Morgan fingerprint density at radius 2 is 1.95 bits per heavy atom. The van der Waals surface area contributed by atoms with Crippen molar-refractivity contribution in [3.05, 3.63) is 29.3 Å². The van der Waals surface area contributed by atoms with Gasteiger partial charge in [0.1, 0.15) is 0 Å². The van der Waals surface area contributed by atoms with E-state index < -0.39 is 0 Å². The van der Waals surface area contributed by atoms with Crippen LogP contribution in [0.3, 0.4) is 0 Å². The van der Waals surface area contributed by atoms with E-state index in [4.69, 9.17) is 0 Å². The first-order chi connectivity index (χ1) is 10.7. The van der Waals surface area contributed by atoms with Crippen LogP contribution >= 0.6 is 0 Å². The number of fused-ring (bicyclic) bond motifs is 1. The van der Waals surface area contributed by atoms with Crippen LogP contribution in [-0.4, -0.2) is 48.9 Å². The highest BCUT2D eigenvalue weighted by molar-refractivity contribution is 5.84. The monoisotopic (exact) mass is 299 g/mol. The van der Waals surface area contributed by atoms with Gasteiger partial charge in [0.05, 0.1) is 5.41 Å². The summed E-state index contributed by atoms with van der Waals surface area (Å²) in [6.45, 7) is 5.11. The van der Waals surface area contributed by atoms with Crippen molar-refractivity contribution in [1.82, 2.24) is 9.80 Å². The third-order valence-electron chi connectivity index (χ3n) is 5.87. The summed E-state index contributed by atoms with van der Waals surface area (Å²) in [4.78, 5) is 16.8. The van der Waals surface area contributed by atoms with Crippen LogP contribution in [0.2, 0.25) is 0 Å². The molecule has 4 rings (SSSR count). The number of carbonyl (C=O) groups excluding carboxylic acids is 1. The molecule has 0 aromatic heterocycles. The van der Waals surface area contributed by atoms with Crippen LogP contribution in [0.1, 0.15) is 30.4 Å². The topological polar surface area (TPSA) is 35.6 Å². The molecule has 0 unspecified atom stereocenters. The lowest BCUT2D eigenvalue weighted by Crippen LogP contribution is -2.43. The van der Waals surface area contributed by atoms with Crippen LogP contribution in [0.4, 0.5) is 5.69 Å². The smallest absolute Gasteiger partial charge is 0.228 e. The number of benzene rings is 1. The second-order valence-corrected chi connectivity index (χ2v) is 7.16. The Labute approximate surface area is 132 Å². The van der Waals surface area contributed by atoms with Gasteiger partial charge in [0.2, 0.25) is 5.91 Å². The zero-order valence-electron chi connectivity index (χ0n) is 13.4. The first-order valence-electron chi connectivity index (χ1n) is 8.51. The number of hydrogen-bond donors (Lipinski definition) is 1. The number of hydrogen-bond acceptors (Lipinski definition) is 3. The zero-order valence-corrected chi connectivity index (χ0v) is 13.4. The maximum atomic E-state index is 12.4. The zero-order chi connectivity index (χ0) is 15.2. The molecule has 3 aliphatic heterocycles. The van der Waals surface area contributed by atoms with Crippen LogP contribution in [-0.2, 0) is 17.8 Å². The second-order valence-electron chi connectivity index (χ2n) is 7.16. The van der Waals surface area contributed by atoms with Crippen molar-refractivity contribution >= 4 is 11.6 Å². The minimum atomic E-state index is -0.0395. The van der Waals surface area contributed by atoms with Crippen molar-refractivity contribution in [2.45, 2.75) is 32.2 Å². The standard InChI is InChI=1S/C18H25N3O/c1-20-10-6-18(17(20)22)7-11-21(12-8-18)13-15-4-2-3-14-5-9-19-16(14)15/h2-4,19H,5-13H2,1H3. The van der Waals surface area contributed by atoms with Crippen molar-refractivity contribution in [2.24, 2.45) is 5.41 Å². The van der Waals surface area contributed by atoms with E-state index in [2.05, 4.69) is 28.4 Å². The van der Waals surface area contributed by atoms with Crippen LogP contribution in [0, 0.1) is 5.41 Å². The quantitative estimate of drug-likeness (QED) is 0.908. The van der Waals surface area contributed by atoms with Gasteiger partial charge >= 0.3 is 0 Å². The molecule has 2 fully saturated rings. The molecule has 0 saturated carbocycles. The predicted octanol–water partition coefficient (Wildman–Crippen LogP) is 2.10. The maximum absolute atomic E-state index is 12.4. The van der Waals surface area contributed by atoms with Gasteiger partial charge in [0.25, 0.3) is 0 Å². The minimum Gasteiger partial charge on any atom is -0.384 e. The van der Waals surface area contributed by atoms with Crippen molar-refractivity contribution < 1.29 is 4.79 Å². The van der Waals surface area contributed by atoms with Crippen LogP contribution in [0.5, 0.6) is 0 Å². The predicted molar refractivity (Wildman–Crippen MR) is 87.8 cm³/mol. The lowest BCUT2D eigenvalue weighted by molar-refractivity contribution is -0.137. The maximum Gasteiger partial charge on any atom is 0.228 e. The first kappa shape index (κ1) is 14.1. The van der Waals surface area contributed by atoms with E-state index in [9.17, 15) is 4.79 Å². The van der Waals surface area contributed by atoms with E-state index in [0.717, 1.165) is 58.4 Å². The summed E-state index contributed by atoms with van der Waals surface area (Å²) in [5.74, 6) is 0.384. The molecule has 1 amide bonds. The Hall–Kier alpha value is -1.55. The molecule has 3 aliphatic rings. The Morgan fingerprint density at radius 3 is 2.68 bits per heavy atom. The number of rotatable bonds is 2. The lowest BCUT2D eigenvalue weighted by atomic mass is 9.77. The molecule has 0 atom stereocenters. The van der Waals surface area contributed by atoms with Crippen LogP contribution < -0.4 is 5.32 Å². The number of likely N-dealkylation sites (tertiary alicyclic amines) is 2. The molecule has 0 bridgehead atoms. The van der Waals surface area contributed by atoms with E-state index in [-0.39, 0.29) is 5.41 Å². The highest BCUT2D eigenvalue weighted by atomic mass is 16.2. The highest BCUT2D eigenvalue weighted by Crippen LogP contribution is 2.41. The van der Waals surface area contributed by atoms with Gasteiger partial charge < -0.3 is 10.2 Å². The van der Waals surface area contributed by atoms with Crippen molar-refractivity contribution in [3.8, 4) is 0 Å². The van der Waals surface area contributed by atoms with Gasteiger partial charge in [-0.3, -0.25) is 9.69 Å². The van der Waals surface area contributed by atoms with Crippen LogP contribution in [0.25, 0.3) is 0 Å². The van der Waals surface area contributed by atoms with Gasteiger partial charge in [-0.1, -0.05) is 18.2 Å². The normalized spacial score (nSPS) is 23.9. The molecule has 4 nitrogen and oxygen atoms in total. The summed E-state index contributed by atoms with van der Waals surface area (Å²) in [6.07, 6.45) is 4.25. The van der Waals surface area contributed by atoms with Gasteiger partial charge in [-0.05, 0) is 49.9 Å². The SMILES string of the molecule is CN1CCC2(CCN(Cc3cccc4c3NCC4)CC2)C1=O. The molecular weight excluding hydrogens is 274 g/mol. The number of piperidine rings is 1. The van der Waals surface area contributed by atoms with E-state index in [0.29, 0.717) is 5.91 Å². The first-order valence-corrected chi connectivity index (χ1v) is 8.51. The number of carbonyl (C=O) groups is 1. The average molecular weight is 299 g/mol. The van der Waals surface area contributed by atoms with Crippen molar-refractivity contribution in [1.29, 1.82) is 0 Å². The Balaban J connectivity index is 1.43. The fourth-order valence-electron chi connectivity index (χ4n) is 4.38. The molecule has 0 aliphatic carbocycles. The molecular formula is C18H25N3O. The minimum absolute atomic E-state index is 0.0395. The molecule has 4 heteroatoms. The highest BCUT2D eigenvalue weighted by Gasteiger charge is 2.46. The average Bonchev–Trinajstić information content (AvgIpc) is 3.12. The molecule has 3 heterocycles. The molecule has 1 spiro atoms. The van der Waals surface area contributed by atoms with E-state index in [1.165, 1.54) is 16.8 Å². The Morgan fingerprint density at radius 1 is 1.18 bits per heavy atom. The molecule has 2 saturated heterocycles. The lowest BCUT2D eigenvalue weighted by Gasteiger charge is -2.38. The third-order valence-corrected chi connectivity index (χ3v) is 5.87. The van der Waals surface area contributed by atoms with E-state index in [1.54, 1.807) is 0 Å². The van der Waals surface area contributed by atoms with Gasteiger partial charge in [-0.2, -0.15) is 0 Å². The fraction of sp³-hybridized carbons (Fsp3) is 0.611. The second kappa shape index (κ2) is 5.27. The summed E-state index contributed by atoms with van der Waals surface area (Å²) in [7, 11) is 1.95. The number of nitrogens with one attached hydrogen (secondary N) is 1. The Bertz CT molecular complexity index is 590. The number of nitrogens with zero attached hydrogens (tertiary/aromatic N) is 2. The van der Waals surface area contributed by atoms with Gasteiger partial charge in [0, 0.05) is 32.4 Å². The summed E-state index contributed by atoms with van der Waals surface area (Å²) < 4.78 is 0.